The van der Waals surface area contributed by atoms with E-state index in [1.165, 1.54) is 0 Å². The third-order valence-corrected chi connectivity index (χ3v) is 15.0. The van der Waals surface area contributed by atoms with Gasteiger partial charge in [-0.25, -0.2) is 0 Å². The molecule has 0 aromatic rings. The summed E-state index contributed by atoms with van der Waals surface area (Å²) >= 11 is 0. The minimum atomic E-state index is -0.986. The fraction of sp³-hybridized carbons (Fsp3) is 0.881. The summed E-state index contributed by atoms with van der Waals surface area (Å²) < 4.78 is 0. The molecule has 0 radical (unpaired) electrons. The van der Waals surface area contributed by atoms with E-state index in [0.29, 0.717) is 43.8 Å². The van der Waals surface area contributed by atoms with Gasteiger partial charge in [-0.1, -0.05) is 81.1 Å². The van der Waals surface area contributed by atoms with Crippen molar-refractivity contribution >= 4 is 29.2 Å². The smallest absolute Gasteiger partial charge is 0.285 e. The summed E-state index contributed by atoms with van der Waals surface area (Å²) in [4.78, 5) is 73.0. The first kappa shape index (κ1) is 40.1. The van der Waals surface area contributed by atoms with Crippen molar-refractivity contribution in [3.63, 3.8) is 0 Å². The molecular weight excluding hydrogens is 640 g/mol. The Labute approximate surface area is 308 Å². The summed E-state index contributed by atoms with van der Waals surface area (Å²) in [6, 6.07) is 0.121. The van der Waals surface area contributed by atoms with Gasteiger partial charge in [-0.2, -0.15) is 0 Å². The average Bonchev–Trinajstić information content (AvgIpc) is 3.18. The second kappa shape index (κ2) is 14.3. The van der Waals surface area contributed by atoms with Gasteiger partial charge in [0.2, 0.25) is 11.7 Å². The van der Waals surface area contributed by atoms with E-state index in [0.717, 1.165) is 58.2 Å². The third kappa shape index (κ3) is 7.63. The van der Waals surface area contributed by atoms with Gasteiger partial charge in [-0.15, -0.1) is 0 Å². The number of likely N-dealkylation sites (tertiary alicyclic amines) is 1. The first-order chi connectivity index (χ1) is 23.5. The molecule has 9 heteroatoms. The van der Waals surface area contributed by atoms with Gasteiger partial charge in [0, 0.05) is 74.8 Å². The summed E-state index contributed by atoms with van der Waals surface area (Å²) in [7, 11) is 0. The van der Waals surface area contributed by atoms with Crippen LogP contribution in [0.4, 0.5) is 0 Å². The number of amides is 2. The van der Waals surface area contributed by atoms with Crippen molar-refractivity contribution in [1.29, 1.82) is 0 Å². The molecule has 3 N–H and O–H groups in total. The van der Waals surface area contributed by atoms with Crippen LogP contribution in [-0.2, 0) is 24.0 Å². The van der Waals surface area contributed by atoms with Crippen LogP contribution in [0.1, 0.15) is 140 Å². The Bertz CT molecular complexity index is 1360. The van der Waals surface area contributed by atoms with E-state index in [4.69, 9.17) is 5.73 Å². The van der Waals surface area contributed by atoms with Crippen LogP contribution >= 0.6 is 0 Å². The molecule has 7 atom stereocenters. The molecular formula is C42H70N4O5. The molecule has 5 rings (SSSR count). The predicted octanol–water partition coefficient (Wildman–Crippen LogP) is 5.96. The lowest BCUT2D eigenvalue weighted by molar-refractivity contribution is -0.147. The van der Waals surface area contributed by atoms with E-state index in [9.17, 15) is 24.0 Å². The molecule has 0 bridgehead atoms. The zero-order valence-corrected chi connectivity index (χ0v) is 33.7. The van der Waals surface area contributed by atoms with Gasteiger partial charge in [0.25, 0.3) is 5.91 Å². The third-order valence-electron chi connectivity index (χ3n) is 15.0. The van der Waals surface area contributed by atoms with Crippen LogP contribution in [-0.4, -0.2) is 83.3 Å². The van der Waals surface area contributed by atoms with Gasteiger partial charge in [-0.3, -0.25) is 28.9 Å². The highest BCUT2D eigenvalue weighted by Gasteiger charge is 2.85. The minimum Gasteiger partial charge on any atom is -0.363 e. The zero-order chi connectivity index (χ0) is 37.9. The van der Waals surface area contributed by atoms with Crippen LogP contribution in [0.3, 0.4) is 0 Å². The highest BCUT2D eigenvalue weighted by atomic mass is 16.2. The lowest BCUT2D eigenvalue weighted by Gasteiger charge is -2.41. The van der Waals surface area contributed by atoms with Gasteiger partial charge >= 0.3 is 0 Å². The lowest BCUT2D eigenvalue weighted by Crippen LogP contribution is -2.55. The maximum absolute atomic E-state index is 15.0. The van der Waals surface area contributed by atoms with Crippen molar-refractivity contribution < 1.29 is 24.0 Å². The molecule has 3 aliphatic carbocycles. The Kier molecular flexibility index (Phi) is 11.2. The van der Waals surface area contributed by atoms with Crippen LogP contribution in [0.25, 0.3) is 0 Å². The molecule has 5 fully saturated rings. The molecule has 2 aliphatic heterocycles. The normalized spacial score (nSPS) is 30.7. The summed E-state index contributed by atoms with van der Waals surface area (Å²) in [5, 5.41) is 3.60. The van der Waals surface area contributed by atoms with Gasteiger partial charge in [-0.05, 0) is 73.0 Å². The van der Waals surface area contributed by atoms with E-state index >= 15 is 0 Å². The van der Waals surface area contributed by atoms with Crippen molar-refractivity contribution in [2.75, 3.05) is 26.2 Å². The first-order valence-corrected chi connectivity index (χ1v) is 20.2. The van der Waals surface area contributed by atoms with Crippen molar-refractivity contribution in [2.24, 2.45) is 56.5 Å². The molecule has 3 saturated carbocycles. The molecule has 51 heavy (non-hydrogen) atoms. The number of piperazine rings is 1. The molecule has 5 aliphatic rings. The second-order valence-electron chi connectivity index (χ2n) is 20.6. The first-order valence-electron chi connectivity index (χ1n) is 20.2. The largest absolute Gasteiger partial charge is 0.363 e. The molecule has 2 amide bonds. The number of hydrogen-bond acceptors (Lipinski definition) is 7. The number of carbonyl (C=O) groups is 5. The van der Waals surface area contributed by atoms with E-state index in [1.807, 2.05) is 25.7 Å². The summed E-state index contributed by atoms with van der Waals surface area (Å²) in [6.07, 6.45) is 8.03. The Hall–Kier alpha value is -2.13. The molecule has 0 aromatic heterocycles. The highest BCUT2D eigenvalue weighted by molar-refractivity contribution is 6.36. The van der Waals surface area contributed by atoms with E-state index in [2.05, 4.69) is 58.7 Å². The quantitative estimate of drug-likeness (QED) is 0.213. The number of fused-ring (bicyclic) bond motifs is 1. The lowest BCUT2D eigenvalue weighted by atomic mass is 9.73. The molecule has 2 heterocycles. The number of rotatable bonds is 14. The molecule has 0 aromatic carbocycles. The van der Waals surface area contributed by atoms with Crippen LogP contribution in [0, 0.1) is 50.7 Å². The number of nitrogens with two attached hydrogens (primary N) is 1. The number of Topliss-reactive ketones (excluding diaryl/α,β-unsaturated/α-hetero) is 3. The van der Waals surface area contributed by atoms with Crippen molar-refractivity contribution in [1.82, 2.24) is 15.1 Å². The van der Waals surface area contributed by atoms with Gasteiger partial charge < -0.3 is 16.0 Å². The molecule has 2 spiro atoms. The monoisotopic (exact) mass is 711 g/mol. The molecule has 2 saturated heterocycles. The number of hydrogen-bond donors (Lipinski definition) is 2. The summed E-state index contributed by atoms with van der Waals surface area (Å²) in [5.74, 6) is -2.65. The number of nitrogens with zero attached hydrogens (tertiary/aromatic N) is 2. The Balaban J connectivity index is 1.38. The molecule has 1 unspecified atom stereocenters. The number of nitrogens with one attached hydrogen (secondary N) is 1. The standard InChI is InChI=1S/C42H70N4O5/c1-26-22-45(23-27(2)44-26)24-30(38(3,4)5)19-31(47)20-32(39(6,7)8)37(51)46-25-42(40(9,10)41(42)15-12-16-41)21-33(46)34(48)18-29(35(49)36(43)50)17-28-13-11-14-28/h26-30,32-33,44H,11-25H2,1-10H3,(H2,43,50)/t26-,27+,29?,30-,32-,33+,42-/m1/s1. The fourth-order valence-corrected chi connectivity index (χ4v) is 11.2. The number of primary amides is 1. The van der Waals surface area contributed by atoms with Gasteiger partial charge in [0.05, 0.1) is 6.04 Å². The van der Waals surface area contributed by atoms with Crippen molar-refractivity contribution in [3.05, 3.63) is 0 Å². The Morgan fingerprint density at radius 2 is 1.45 bits per heavy atom. The van der Waals surface area contributed by atoms with Crippen LogP contribution in [0.2, 0.25) is 0 Å². The van der Waals surface area contributed by atoms with Crippen molar-refractivity contribution in [2.45, 2.75) is 158 Å². The predicted molar refractivity (Wildman–Crippen MR) is 201 cm³/mol. The maximum atomic E-state index is 15.0. The topological polar surface area (TPSA) is 130 Å². The van der Waals surface area contributed by atoms with Crippen LogP contribution < -0.4 is 11.1 Å². The number of ketones is 3. The van der Waals surface area contributed by atoms with E-state index < -0.39 is 35.0 Å². The zero-order valence-electron chi connectivity index (χ0n) is 33.7. The van der Waals surface area contributed by atoms with E-state index in [-0.39, 0.29) is 57.9 Å². The van der Waals surface area contributed by atoms with Crippen LogP contribution in [0.15, 0.2) is 0 Å². The number of carbonyl (C=O) groups excluding carboxylic acids is 5. The molecule has 9 nitrogen and oxygen atoms in total. The van der Waals surface area contributed by atoms with Crippen molar-refractivity contribution in [3.8, 4) is 0 Å². The SMILES string of the molecule is C[C@@H]1CN(C[C@@H](CC(=O)C[C@H](C(=O)N2C[C@]3(C[C@H]2C(=O)CC(CC2CCC2)C(=O)C(N)=O)C(C)(C)C32CCC2)C(C)(C)C)C(C)(C)C)C[C@H](C)N1. The van der Waals surface area contributed by atoms with E-state index in [1.54, 1.807) is 0 Å². The second-order valence-corrected chi connectivity index (χ2v) is 20.6. The van der Waals surface area contributed by atoms with Gasteiger partial charge in [0.1, 0.15) is 5.78 Å². The van der Waals surface area contributed by atoms with Gasteiger partial charge in [0.15, 0.2) is 5.78 Å². The average molecular weight is 711 g/mol. The minimum absolute atomic E-state index is 0.00781. The highest BCUT2D eigenvalue weighted by Crippen LogP contribution is 2.88. The molecule has 288 valence electrons. The Morgan fingerprint density at radius 3 is 1.90 bits per heavy atom. The van der Waals surface area contributed by atoms with Crippen LogP contribution in [0.5, 0.6) is 0 Å². The maximum Gasteiger partial charge on any atom is 0.285 e. The Morgan fingerprint density at radius 1 is 0.843 bits per heavy atom. The summed E-state index contributed by atoms with van der Waals surface area (Å²) in [6.45, 7) is 25.0. The fourth-order valence-electron chi connectivity index (χ4n) is 11.2. The summed E-state index contributed by atoms with van der Waals surface area (Å²) in [5.41, 5.74) is 4.85.